The maximum absolute atomic E-state index is 12.0. The van der Waals surface area contributed by atoms with Crippen LogP contribution in [0.3, 0.4) is 0 Å². The van der Waals surface area contributed by atoms with Crippen molar-refractivity contribution in [3.8, 4) is 0 Å². The minimum atomic E-state index is -0.294. The van der Waals surface area contributed by atoms with E-state index >= 15 is 0 Å². The highest BCUT2D eigenvalue weighted by molar-refractivity contribution is 5.86. The Bertz CT molecular complexity index is 1190. The highest BCUT2D eigenvalue weighted by atomic mass is 16.2. The number of aromatic nitrogens is 6. The summed E-state index contributed by atoms with van der Waals surface area (Å²) in [5.74, 6) is 0.644. The number of hydrogen-bond acceptors (Lipinski definition) is 7. The van der Waals surface area contributed by atoms with Gasteiger partial charge in [0, 0.05) is 24.7 Å². The standard InChI is InChI=1S/C19H18N8O/c1-12-19(28)21-7-8-26(12)16-10-22-17-18(23-16)27(25-24-17)11-13-4-5-15-14(9-13)3-2-6-20-15/h2-6,9-10,12H,7-8,11H2,1H3,(H,21,28). The molecule has 0 radical (unpaired) electrons. The molecule has 28 heavy (non-hydrogen) atoms. The molecule has 140 valence electrons. The van der Waals surface area contributed by atoms with Gasteiger partial charge in [0.2, 0.25) is 11.6 Å². The number of nitrogens with one attached hydrogen (secondary N) is 1. The molecule has 1 saturated heterocycles. The number of anilines is 1. The molecule has 1 unspecified atom stereocenters. The molecule has 1 aromatic carbocycles. The molecule has 5 rings (SSSR count). The van der Waals surface area contributed by atoms with E-state index in [1.54, 1.807) is 17.1 Å². The molecule has 0 aliphatic carbocycles. The summed E-state index contributed by atoms with van der Waals surface area (Å²) in [5.41, 5.74) is 3.11. The fourth-order valence-electron chi connectivity index (χ4n) is 3.48. The van der Waals surface area contributed by atoms with Gasteiger partial charge >= 0.3 is 0 Å². The van der Waals surface area contributed by atoms with Crippen molar-refractivity contribution < 1.29 is 4.79 Å². The molecule has 1 aliphatic heterocycles. The molecule has 1 fully saturated rings. The first kappa shape index (κ1) is 16.5. The lowest BCUT2D eigenvalue weighted by Crippen LogP contribution is -2.54. The van der Waals surface area contributed by atoms with E-state index in [1.807, 2.05) is 36.1 Å². The van der Waals surface area contributed by atoms with E-state index < -0.39 is 0 Å². The molecule has 0 saturated carbocycles. The Morgan fingerprint density at radius 2 is 2.18 bits per heavy atom. The largest absolute Gasteiger partial charge is 0.353 e. The second-order valence-corrected chi connectivity index (χ2v) is 6.81. The van der Waals surface area contributed by atoms with Crippen LogP contribution in [0.25, 0.3) is 22.2 Å². The summed E-state index contributed by atoms with van der Waals surface area (Å²) in [6, 6.07) is 9.77. The number of benzene rings is 1. The molecular formula is C19H18N8O. The maximum Gasteiger partial charge on any atom is 0.242 e. The average Bonchev–Trinajstić information content (AvgIpc) is 3.12. The normalized spacial score (nSPS) is 17.2. The molecule has 1 aliphatic rings. The SMILES string of the molecule is CC1C(=O)NCCN1c1cnc2nnn(Cc3ccc4ncccc4c3)c2n1. The van der Waals surface area contributed by atoms with Crippen LogP contribution >= 0.6 is 0 Å². The molecule has 9 heteroatoms. The van der Waals surface area contributed by atoms with Gasteiger partial charge in [0.05, 0.1) is 18.3 Å². The highest BCUT2D eigenvalue weighted by Crippen LogP contribution is 2.19. The molecular weight excluding hydrogens is 356 g/mol. The highest BCUT2D eigenvalue weighted by Gasteiger charge is 2.27. The number of hydrogen-bond donors (Lipinski definition) is 1. The van der Waals surface area contributed by atoms with Crippen molar-refractivity contribution in [2.24, 2.45) is 0 Å². The molecule has 0 bridgehead atoms. The minimum Gasteiger partial charge on any atom is -0.353 e. The molecule has 0 spiro atoms. The predicted octanol–water partition coefficient (Wildman–Crippen LogP) is 1.14. The van der Waals surface area contributed by atoms with Gasteiger partial charge in [-0.1, -0.05) is 17.3 Å². The Kier molecular flexibility index (Phi) is 3.85. The van der Waals surface area contributed by atoms with Gasteiger partial charge in [-0.05, 0) is 30.7 Å². The summed E-state index contributed by atoms with van der Waals surface area (Å²) in [6.07, 6.45) is 3.43. The number of carbonyl (C=O) groups is 1. The van der Waals surface area contributed by atoms with E-state index in [2.05, 4.69) is 31.7 Å². The van der Waals surface area contributed by atoms with Gasteiger partial charge in [-0.15, -0.1) is 5.10 Å². The smallest absolute Gasteiger partial charge is 0.242 e. The number of fused-ring (bicyclic) bond motifs is 2. The second-order valence-electron chi connectivity index (χ2n) is 6.81. The fraction of sp³-hybridized carbons (Fsp3) is 0.263. The number of amides is 1. The second kappa shape index (κ2) is 6.52. The minimum absolute atomic E-state index is 0.00967. The lowest BCUT2D eigenvalue weighted by atomic mass is 10.1. The van der Waals surface area contributed by atoms with Gasteiger partial charge in [0.25, 0.3) is 0 Å². The molecule has 1 N–H and O–H groups in total. The first-order valence-electron chi connectivity index (χ1n) is 9.13. The van der Waals surface area contributed by atoms with Gasteiger partial charge < -0.3 is 10.2 Å². The molecule has 1 amide bonds. The molecule has 9 nitrogen and oxygen atoms in total. The Hall–Kier alpha value is -3.62. The van der Waals surface area contributed by atoms with Crippen LogP contribution < -0.4 is 10.2 Å². The third-order valence-corrected chi connectivity index (χ3v) is 5.01. The Morgan fingerprint density at radius 1 is 1.25 bits per heavy atom. The summed E-state index contributed by atoms with van der Waals surface area (Å²) >= 11 is 0. The van der Waals surface area contributed by atoms with Crippen LogP contribution in [0.2, 0.25) is 0 Å². The average molecular weight is 374 g/mol. The van der Waals surface area contributed by atoms with Crippen LogP contribution in [0.1, 0.15) is 12.5 Å². The van der Waals surface area contributed by atoms with Crippen molar-refractivity contribution >= 4 is 33.9 Å². The maximum atomic E-state index is 12.0. The van der Waals surface area contributed by atoms with E-state index in [-0.39, 0.29) is 11.9 Å². The van der Waals surface area contributed by atoms with E-state index in [1.165, 1.54) is 0 Å². The first-order valence-corrected chi connectivity index (χ1v) is 9.13. The fourth-order valence-corrected chi connectivity index (χ4v) is 3.48. The third-order valence-electron chi connectivity index (χ3n) is 5.01. The quantitative estimate of drug-likeness (QED) is 0.574. The third kappa shape index (κ3) is 2.81. The van der Waals surface area contributed by atoms with Gasteiger partial charge in [-0.2, -0.15) is 0 Å². The summed E-state index contributed by atoms with van der Waals surface area (Å²) in [7, 11) is 0. The van der Waals surface area contributed by atoms with Crippen molar-refractivity contribution in [1.82, 2.24) is 35.3 Å². The van der Waals surface area contributed by atoms with Crippen molar-refractivity contribution in [3.63, 3.8) is 0 Å². The molecule has 4 aromatic rings. The van der Waals surface area contributed by atoms with Gasteiger partial charge in [0.15, 0.2) is 11.5 Å². The summed E-state index contributed by atoms with van der Waals surface area (Å²) in [5, 5.41) is 12.3. The van der Waals surface area contributed by atoms with Crippen LogP contribution in [0.4, 0.5) is 5.82 Å². The van der Waals surface area contributed by atoms with Gasteiger partial charge in [-0.25, -0.2) is 14.6 Å². The Balaban J connectivity index is 1.50. The summed E-state index contributed by atoms with van der Waals surface area (Å²) in [6.45, 7) is 3.66. The first-order chi connectivity index (χ1) is 13.7. The van der Waals surface area contributed by atoms with Crippen molar-refractivity contribution in [2.45, 2.75) is 19.5 Å². The van der Waals surface area contributed by atoms with Crippen LogP contribution in [0, 0.1) is 0 Å². The van der Waals surface area contributed by atoms with E-state index in [4.69, 9.17) is 4.98 Å². The summed E-state index contributed by atoms with van der Waals surface area (Å²) in [4.78, 5) is 27.4. The number of nitrogens with zero attached hydrogens (tertiary/aromatic N) is 7. The molecule has 1 atom stereocenters. The number of pyridine rings is 1. The monoisotopic (exact) mass is 374 g/mol. The van der Waals surface area contributed by atoms with Gasteiger partial charge in [-0.3, -0.25) is 9.78 Å². The van der Waals surface area contributed by atoms with E-state index in [0.717, 1.165) is 16.5 Å². The number of carbonyl (C=O) groups excluding carboxylic acids is 1. The zero-order chi connectivity index (χ0) is 19.1. The van der Waals surface area contributed by atoms with Crippen LogP contribution in [-0.2, 0) is 11.3 Å². The van der Waals surface area contributed by atoms with Crippen molar-refractivity contribution in [2.75, 3.05) is 18.0 Å². The zero-order valence-electron chi connectivity index (χ0n) is 15.3. The van der Waals surface area contributed by atoms with Crippen molar-refractivity contribution in [1.29, 1.82) is 0 Å². The Labute approximate surface area is 160 Å². The topological polar surface area (TPSA) is 102 Å². The van der Waals surface area contributed by atoms with E-state index in [0.29, 0.717) is 36.7 Å². The lowest BCUT2D eigenvalue weighted by molar-refractivity contribution is -0.122. The predicted molar refractivity (Wildman–Crippen MR) is 104 cm³/mol. The Morgan fingerprint density at radius 3 is 3.11 bits per heavy atom. The molecule has 3 aromatic heterocycles. The lowest BCUT2D eigenvalue weighted by Gasteiger charge is -2.33. The molecule has 4 heterocycles. The van der Waals surface area contributed by atoms with Gasteiger partial charge in [0.1, 0.15) is 6.04 Å². The van der Waals surface area contributed by atoms with E-state index in [9.17, 15) is 4.79 Å². The zero-order valence-corrected chi connectivity index (χ0v) is 15.3. The summed E-state index contributed by atoms with van der Waals surface area (Å²) < 4.78 is 1.73. The van der Waals surface area contributed by atoms with Crippen LogP contribution in [0.5, 0.6) is 0 Å². The van der Waals surface area contributed by atoms with Crippen molar-refractivity contribution in [3.05, 3.63) is 48.3 Å². The van der Waals surface area contributed by atoms with Crippen LogP contribution in [0.15, 0.2) is 42.7 Å². The number of piperazine rings is 1. The number of rotatable bonds is 3. The van der Waals surface area contributed by atoms with Crippen LogP contribution in [-0.4, -0.2) is 55.0 Å².